The highest BCUT2D eigenvalue weighted by molar-refractivity contribution is 14.0. The van der Waals surface area contributed by atoms with Crippen LogP contribution in [0.2, 0.25) is 5.02 Å². The van der Waals surface area contributed by atoms with Crippen LogP contribution in [0.3, 0.4) is 0 Å². The Kier molecular flexibility index (Phi) is 11.6. The first-order chi connectivity index (χ1) is 12.1. The van der Waals surface area contributed by atoms with E-state index in [-0.39, 0.29) is 24.0 Å². The standard InChI is InChI=1S/C18H32ClN5O.HI/c1-4-20-18(23(3)15-17-13-16(19)14-22(17)2)21-7-5-6-8-24-9-11-25-12-10-24;/h13-14H,4-12,15H2,1-3H3,(H,20,21);1H. The highest BCUT2D eigenvalue weighted by Gasteiger charge is 2.11. The molecule has 0 unspecified atom stereocenters. The molecule has 0 bridgehead atoms. The third kappa shape index (κ3) is 8.02. The molecule has 2 heterocycles. The van der Waals surface area contributed by atoms with Gasteiger partial charge < -0.3 is 19.5 Å². The Morgan fingerprint density at radius 1 is 1.35 bits per heavy atom. The smallest absolute Gasteiger partial charge is 0.194 e. The van der Waals surface area contributed by atoms with Crippen molar-refractivity contribution >= 4 is 41.5 Å². The number of ether oxygens (including phenoxy) is 1. The number of unbranched alkanes of at least 4 members (excludes halogenated alkanes) is 1. The van der Waals surface area contributed by atoms with Crippen molar-refractivity contribution in [3.05, 3.63) is 23.0 Å². The molecule has 150 valence electrons. The van der Waals surface area contributed by atoms with Gasteiger partial charge in [0.25, 0.3) is 0 Å². The second-order valence-electron chi connectivity index (χ2n) is 6.51. The summed E-state index contributed by atoms with van der Waals surface area (Å²) >= 11 is 6.08. The number of rotatable bonds is 8. The second kappa shape index (κ2) is 12.8. The monoisotopic (exact) mass is 497 g/mol. The second-order valence-corrected chi connectivity index (χ2v) is 6.95. The number of aliphatic imine (C=N–C) groups is 1. The number of hydrogen-bond acceptors (Lipinski definition) is 3. The molecule has 0 aromatic carbocycles. The topological polar surface area (TPSA) is 45.0 Å². The van der Waals surface area contributed by atoms with Crippen molar-refractivity contribution < 1.29 is 4.74 Å². The Bertz CT molecular complexity index is 546. The molecule has 0 radical (unpaired) electrons. The van der Waals surface area contributed by atoms with Gasteiger partial charge in [0.2, 0.25) is 0 Å². The SMILES string of the molecule is CCNC(=NCCCCN1CCOCC1)N(C)Cc1cc(Cl)cn1C.I. The Labute approximate surface area is 179 Å². The fourth-order valence-corrected chi connectivity index (χ4v) is 3.24. The molecule has 1 saturated heterocycles. The van der Waals surface area contributed by atoms with E-state index in [2.05, 4.69) is 33.7 Å². The minimum Gasteiger partial charge on any atom is -0.379 e. The predicted molar refractivity (Wildman–Crippen MR) is 120 cm³/mol. The molecule has 6 nitrogen and oxygen atoms in total. The lowest BCUT2D eigenvalue weighted by molar-refractivity contribution is 0.0373. The molecule has 2 rings (SSSR count). The summed E-state index contributed by atoms with van der Waals surface area (Å²) in [5.41, 5.74) is 1.17. The lowest BCUT2D eigenvalue weighted by Crippen LogP contribution is -2.39. The van der Waals surface area contributed by atoms with Gasteiger partial charge in [0.15, 0.2) is 5.96 Å². The minimum atomic E-state index is 0. The third-order valence-electron chi connectivity index (χ3n) is 4.42. The first kappa shape index (κ1) is 23.5. The minimum absolute atomic E-state index is 0. The fourth-order valence-electron chi connectivity index (χ4n) is 2.97. The van der Waals surface area contributed by atoms with Gasteiger partial charge in [0, 0.05) is 52.2 Å². The zero-order chi connectivity index (χ0) is 18.1. The van der Waals surface area contributed by atoms with Crippen molar-refractivity contribution in [1.29, 1.82) is 0 Å². The van der Waals surface area contributed by atoms with Crippen molar-refractivity contribution in [3.63, 3.8) is 0 Å². The van der Waals surface area contributed by atoms with Gasteiger partial charge in [-0.1, -0.05) is 11.6 Å². The largest absolute Gasteiger partial charge is 0.379 e. The normalized spacial score (nSPS) is 15.6. The van der Waals surface area contributed by atoms with Crippen LogP contribution in [0.15, 0.2) is 17.3 Å². The number of aryl methyl sites for hydroxylation is 1. The van der Waals surface area contributed by atoms with E-state index in [1.165, 1.54) is 12.1 Å². The highest BCUT2D eigenvalue weighted by atomic mass is 127. The first-order valence-electron chi connectivity index (χ1n) is 9.20. The van der Waals surface area contributed by atoms with E-state index in [0.29, 0.717) is 0 Å². The van der Waals surface area contributed by atoms with Crippen molar-refractivity contribution in [2.75, 3.05) is 53.0 Å². The predicted octanol–water partition coefficient (Wildman–Crippen LogP) is 2.81. The van der Waals surface area contributed by atoms with Gasteiger partial charge in [0.05, 0.1) is 24.8 Å². The molecular weight excluding hydrogens is 465 g/mol. The van der Waals surface area contributed by atoms with Crippen LogP contribution in [0.5, 0.6) is 0 Å². The highest BCUT2D eigenvalue weighted by Crippen LogP contribution is 2.14. The van der Waals surface area contributed by atoms with Crippen molar-refractivity contribution in [1.82, 2.24) is 19.7 Å². The first-order valence-corrected chi connectivity index (χ1v) is 9.58. The van der Waals surface area contributed by atoms with Gasteiger partial charge in [-0.25, -0.2) is 0 Å². The Morgan fingerprint density at radius 3 is 2.69 bits per heavy atom. The summed E-state index contributed by atoms with van der Waals surface area (Å²) in [7, 11) is 4.08. The average Bonchev–Trinajstić information content (AvgIpc) is 2.91. The molecule has 0 atom stereocenters. The van der Waals surface area contributed by atoms with Gasteiger partial charge in [-0.3, -0.25) is 9.89 Å². The van der Waals surface area contributed by atoms with Gasteiger partial charge in [0.1, 0.15) is 0 Å². The molecule has 0 saturated carbocycles. The van der Waals surface area contributed by atoms with Crippen LogP contribution in [0, 0.1) is 0 Å². The molecule has 1 aromatic rings. The van der Waals surface area contributed by atoms with Crippen LogP contribution in [0.25, 0.3) is 0 Å². The summed E-state index contributed by atoms with van der Waals surface area (Å²) in [6.07, 6.45) is 4.22. The lowest BCUT2D eigenvalue weighted by Gasteiger charge is -2.26. The van der Waals surface area contributed by atoms with Crippen molar-refractivity contribution in [2.24, 2.45) is 12.0 Å². The third-order valence-corrected chi connectivity index (χ3v) is 4.62. The van der Waals surface area contributed by atoms with E-state index in [1.54, 1.807) is 0 Å². The van der Waals surface area contributed by atoms with E-state index in [0.717, 1.165) is 69.9 Å². The van der Waals surface area contributed by atoms with E-state index in [1.807, 2.05) is 19.3 Å². The maximum Gasteiger partial charge on any atom is 0.194 e. The molecule has 1 aliphatic rings. The Hall–Kier alpha value is -0.510. The molecule has 26 heavy (non-hydrogen) atoms. The summed E-state index contributed by atoms with van der Waals surface area (Å²) < 4.78 is 7.44. The molecule has 0 aliphatic carbocycles. The van der Waals surface area contributed by atoms with Crippen LogP contribution in [0.4, 0.5) is 0 Å². The molecule has 8 heteroatoms. The number of morpholine rings is 1. The van der Waals surface area contributed by atoms with Crippen LogP contribution in [-0.4, -0.2) is 73.3 Å². The van der Waals surface area contributed by atoms with E-state index < -0.39 is 0 Å². The van der Waals surface area contributed by atoms with Crippen LogP contribution in [-0.2, 0) is 18.3 Å². The van der Waals surface area contributed by atoms with Crippen molar-refractivity contribution in [3.8, 4) is 0 Å². The molecule has 0 amide bonds. The van der Waals surface area contributed by atoms with Crippen molar-refractivity contribution in [2.45, 2.75) is 26.3 Å². The zero-order valence-corrected chi connectivity index (χ0v) is 19.3. The fraction of sp³-hybridized carbons (Fsp3) is 0.722. The lowest BCUT2D eigenvalue weighted by atomic mass is 10.3. The summed E-state index contributed by atoms with van der Waals surface area (Å²) in [6.45, 7) is 9.61. The molecule has 1 fully saturated rings. The molecule has 1 aliphatic heterocycles. The average molecular weight is 498 g/mol. The maximum atomic E-state index is 6.08. The number of aromatic nitrogens is 1. The maximum absolute atomic E-state index is 6.08. The molecule has 1 aromatic heterocycles. The van der Waals surface area contributed by atoms with Gasteiger partial charge in [-0.05, 0) is 32.4 Å². The number of nitrogens with one attached hydrogen (secondary N) is 1. The van der Waals surface area contributed by atoms with E-state index in [9.17, 15) is 0 Å². The number of halogens is 2. The summed E-state index contributed by atoms with van der Waals surface area (Å²) in [5, 5.41) is 4.15. The molecule has 1 N–H and O–H groups in total. The molecule has 0 spiro atoms. The van der Waals surface area contributed by atoms with Crippen LogP contribution < -0.4 is 5.32 Å². The molecular formula is C18H33ClIN5O. The summed E-state index contributed by atoms with van der Waals surface area (Å²) in [4.78, 5) is 9.40. The van der Waals surface area contributed by atoms with Gasteiger partial charge in [-0.15, -0.1) is 24.0 Å². The zero-order valence-electron chi connectivity index (χ0n) is 16.2. The van der Waals surface area contributed by atoms with E-state index in [4.69, 9.17) is 21.3 Å². The number of guanidine groups is 1. The van der Waals surface area contributed by atoms with E-state index >= 15 is 0 Å². The van der Waals surface area contributed by atoms with Crippen LogP contribution in [0.1, 0.15) is 25.5 Å². The number of hydrogen-bond donors (Lipinski definition) is 1. The number of nitrogens with zero attached hydrogens (tertiary/aromatic N) is 4. The summed E-state index contributed by atoms with van der Waals surface area (Å²) in [6, 6.07) is 2.00. The van der Waals surface area contributed by atoms with Crippen LogP contribution >= 0.6 is 35.6 Å². The summed E-state index contributed by atoms with van der Waals surface area (Å²) in [5.74, 6) is 0.950. The quantitative estimate of drug-likeness (QED) is 0.260. The van der Waals surface area contributed by atoms with Gasteiger partial charge >= 0.3 is 0 Å². The van der Waals surface area contributed by atoms with Gasteiger partial charge in [-0.2, -0.15) is 0 Å². The Morgan fingerprint density at radius 2 is 2.08 bits per heavy atom. The Balaban J connectivity index is 0.00000338.